The molecule has 4 nitrogen and oxygen atoms in total. The monoisotopic (exact) mass is 299 g/mol. The number of nitrogen functional groups attached to an aromatic ring is 1. The number of hydrogen-bond donors (Lipinski definition) is 2. The molecule has 0 aliphatic rings. The van der Waals surface area contributed by atoms with E-state index in [9.17, 15) is 9.90 Å². The first kappa shape index (κ1) is 13.6. The number of nitrogens with two attached hydrogens (primary N) is 1. The SMILES string of the molecule is Cc1c(Sc2cccc(N)c2)c(=O)oc2cc(O)ccc12. The van der Waals surface area contributed by atoms with Gasteiger partial charge >= 0.3 is 5.63 Å². The molecule has 1 aromatic heterocycles. The van der Waals surface area contributed by atoms with Crippen LogP contribution in [0, 0.1) is 6.92 Å². The van der Waals surface area contributed by atoms with Gasteiger partial charge in [0.1, 0.15) is 16.2 Å². The molecule has 0 aliphatic carbocycles. The Hall–Kier alpha value is -2.40. The number of aromatic hydroxyl groups is 1. The summed E-state index contributed by atoms with van der Waals surface area (Å²) < 4.78 is 5.29. The highest BCUT2D eigenvalue weighted by Crippen LogP contribution is 2.32. The second-order valence-electron chi connectivity index (χ2n) is 4.70. The molecule has 0 saturated carbocycles. The highest BCUT2D eigenvalue weighted by molar-refractivity contribution is 7.99. The second kappa shape index (κ2) is 5.18. The maximum Gasteiger partial charge on any atom is 0.350 e. The molecule has 3 N–H and O–H groups in total. The summed E-state index contributed by atoms with van der Waals surface area (Å²) in [5.74, 6) is 0.0706. The van der Waals surface area contributed by atoms with Gasteiger partial charge in [-0.15, -0.1) is 0 Å². The summed E-state index contributed by atoms with van der Waals surface area (Å²) >= 11 is 1.33. The number of phenolic OH excluding ortho intramolecular Hbond substituents is 1. The maximum absolute atomic E-state index is 12.2. The number of phenols is 1. The van der Waals surface area contributed by atoms with Crippen LogP contribution in [0.3, 0.4) is 0 Å². The zero-order chi connectivity index (χ0) is 15.0. The Labute approximate surface area is 125 Å². The number of anilines is 1. The second-order valence-corrected chi connectivity index (χ2v) is 5.78. The first-order chi connectivity index (χ1) is 10.0. The summed E-state index contributed by atoms with van der Waals surface area (Å²) in [6, 6.07) is 12.1. The van der Waals surface area contributed by atoms with Crippen molar-refractivity contribution in [1.82, 2.24) is 0 Å². The average molecular weight is 299 g/mol. The van der Waals surface area contributed by atoms with Crippen LogP contribution in [-0.4, -0.2) is 5.11 Å². The largest absolute Gasteiger partial charge is 0.508 e. The summed E-state index contributed by atoms with van der Waals surface area (Å²) in [6.45, 7) is 1.87. The van der Waals surface area contributed by atoms with E-state index in [0.29, 0.717) is 16.2 Å². The van der Waals surface area contributed by atoms with E-state index in [2.05, 4.69) is 0 Å². The van der Waals surface area contributed by atoms with Gasteiger partial charge in [-0.3, -0.25) is 0 Å². The lowest BCUT2D eigenvalue weighted by molar-refractivity contribution is 0.472. The van der Waals surface area contributed by atoms with Crippen LogP contribution < -0.4 is 11.4 Å². The van der Waals surface area contributed by atoms with Gasteiger partial charge in [-0.1, -0.05) is 17.8 Å². The van der Waals surface area contributed by atoms with E-state index < -0.39 is 5.63 Å². The number of fused-ring (bicyclic) bond motifs is 1. The van der Waals surface area contributed by atoms with E-state index >= 15 is 0 Å². The molecule has 0 unspecified atom stereocenters. The third kappa shape index (κ3) is 2.60. The molecule has 0 amide bonds. The average Bonchev–Trinajstić information content (AvgIpc) is 2.43. The lowest BCUT2D eigenvalue weighted by atomic mass is 10.1. The van der Waals surface area contributed by atoms with Crippen LogP contribution >= 0.6 is 11.8 Å². The first-order valence-electron chi connectivity index (χ1n) is 6.34. The number of benzene rings is 2. The fraction of sp³-hybridized carbons (Fsp3) is 0.0625. The standard InChI is InChI=1S/C16H13NO3S/c1-9-13-6-5-11(18)8-14(13)20-16(19)15(9)21-12-4-2-3-10(17)7-12/h2-8,18H,17H2,1H3. The summed E-state index contributed by atoms with van der Waals surface area (Å²) in [4.78, 5) is 13.6. The van der Waals surface area contributed by atoms with E-state index in [1.807, 2.05) is 25.1 Å². The molecule has 0 spiro atoms. The van der Waals surface area contributed by atoms with Gasteiger partial charge in [0.25, 0.3) is 0 Å². The summed E-state index contributed by atoms with van der Waals surface area (Å²) in [5, 5.41) is 10.3. The fourth-order valence-corrected chi connectivity index (χ4v) is 3.11. The van der Waals surface area contributed by atoms with E-state index in [1.54, 1.807) is 18.2 Å². The minimum Gasteiger partial charge on any atom is -0.508 e. The fourth-order valence-electron chi connectivity index (χ4n) is 2.14. The van der Waals surface area contributed by atoms with Gasteiger partial charge in [-0.2, -0.15) is 0 Å². The lowest BCUT2D eigenvalue weighted by Gasteiger charge is -2.08. The minimum atomic E-state index is -0.418. The van der Waals surface area contributed by atoms with Crippen molar-refractivity contribution in [3.8, 4) is 5.75 Å². The topological polar surface area (TPSA) is 76.5 Å². The molecule has 0 bridgehead atoms. The zero-order valence-electron chi connectivity index (χ0n) is 11.3. The third-order valence-electron chi connectivity index (χ3n) is 3.18. The van der Waals surface area contributed by atoms with Gasteiger partial charge in [0, 0.05) is 22.0 Å². The molecule has 0 saturated heterocycles. The Balaban J connectivity index is 2.15. The molecule has 5 heteroatoms. The van der Waals surface area contributed by atoms with Crippen molar-refractivity contribution in [2.75, 3.05) is 5.73 Å². The molecule has 0 fully saturated rings. The first-order valence-corrected chi connectivity index (χ1v) is 7.16. The molecular weight excluding hydrogens is 286 g/mol. The molecule has 2 aromatic carbocycles. The van der Waals surface area contributed by atoms with E-state index in [4.69, 9.17) is 10.2 Å². The molecule has 0 aliphatic heterocycles. The summed E-state index contributed by atoms with van der Waals surface area (Å²) in [7, 11) is 0. The molecular formula is C16H13NO3S. The lowest BCUT2D eigenvalue weighted by Crippen LogP contribution is -2.04. The number of aryl methyl sites for hydroxylation is 1. The van der Waals surface area contributed by atoms with Crippen molar-refractivity contribution in [3.05, 3.63) is 58.4 Å². The van der Waals surface area contributed by atoms with Crippen molar-refractivity contribution in [2.24, 2.45) is 0 Å². The van der Waals surface area contributed by atoms with Gasteiger partial charge in [-0.25, -0.2) is 4.79 Å². The van der Waals surface area contributed by atoms with Crippen LogP contribution in [0.15, 0.2) is 61.5 Å². The molecule has 3 rings (SSSR count). The van der Waals surface area contributed by atoms with E-state index in [1.165, 1.54) is 17.8 Å². The molecule has 3 aromatic rings. The van der Waals surface area contributed by atoms with Gasteiger partial charge in [0.05, 0.1) is 0 Å². The zero-order valence-corrected chi connectivity index (χ0v) is 12.1. The molecule has 1 heterocycles. The molecule has 0 atom stereocenters. The van der Waals surface area contributed by atoms with Gasteiger partial charge in [0.2, 0.25) is 0 Å². The normalized spacial score (nSPS) is 10.9. The Kier molecular flexibility index (Phi) is 3.35. The van der Waals surface area contributed by atoms with Gasteiger partial charge in [-0.05, 0) is 42.8 Å². The Bertz CT molecular complexity index is 886. The van der Waals surface area contributed by atoms with Crippen molar-refractivity contribution in [3.63, 3.8) is 0 Å². The minimum absolute atomic E-state index is 0.0706. The predicted octanol–water partition coefficient (Wildman–Crippen LogP) is 3.54. The number of rotatable bonds is 2. The Morgan fingerprint density at radius 2 is 2.00 bits per heavy atom. The van der Waals surface area contributed by atoms with Gasteiger partial charge < -0.3 is 15.3 Å². The quantitative estimate of drug-likeness (QED) is 0.559. The van der Waals surface area contributed by atoms with Crippen LogP contribution in [-0.2, 0) is 0 Å². The molecule has 106 valence electrons. The smallest absolute Gasteiger partial charge is 0.350 e. The molecule has 21 heavy (non-hydrogen) atoms. The van der Waals surface area contributed by atoms with Crippen molar-refractivity contribution >= 4 is 28.4 Å². The van der Waals surface area contributed by atoms with Crippen molar-refractivity contribution in [1.29, 1.82) is 0 Å². The van der Waals surface area contributed by atoms with Crippen LogP contribution in [0.5, 0.6) is 5.75 Å². The van der Waals surface area contributed by atoms with Crippen LogP contribution in [0.2, 0.25) is 0 Å². The van der Waals surface area contributed by atoms with Gasteiger partial charge in [0.15, 0.2) is 0 Å². The Morgan fingerprint density at radius 3 is 2.76 bits per heavy atom. The highest BCUT2D eigenvalue weighted by atomic mass is 32.2. The van der Waals surface area contributed by atoms with Crippen LogP contribution in [0.4, 0.5) is 5.69 Å². The van der Waals surface area contributed by atoms with E-state index in [0.717, 1.165) is 15.8 Å². The molecule has 0 radical (unpaired) electrons. The predicted molar refractivity (Wildman–Crippen MR) is 83.9 cm³/mol. The van der Waals surface area contributed by atoms with Crippen LogP contribution in [0.1, 0.15) is 5.56 Å². The van der Waals surface area contributed by atoms with Crippen LogP contribution in [0.25, 0.3) is 11.0 Å². The summed E-state index contributed by atoms with van der Waals surface area (Å²) in [6.07, 6.45) is 0. The maximum atomic E-state index is 12.2. The van der Waals surface area contributed by atoms with Crippen molar-refractivity contribution < 1.29 is 9.52 Å². The Morgan fingerprint density at radius 1 is 1.19 bits per heavy atom. The summed E-state index contributed by atoms with van der Waals surface area (Å²) in [5.41, 5.74) is 7.19. The third-order valence-corrected chi connectivity index (χ3v) is 4.34. The van der Waals surface area contributed by atoms with E-state index in [-0.39, 0.29) is 5.75 Å². The number of hydrogen-bond acceptors (Lipinski definition) is 5. The van der Waals surface area contributed by atoms with Crippen molar-refractivity contribution in [2.45, 2.75) is 16.7 Å². The highest BCUT2D eigenvalue weighted by Gasteiger charge is 2.13.